The Hall–Kier alpha value is -1.92. The van der Waals surface area contributed by atoms with Crippen LogP contribution in [0.1, 0.15) is 5.69 Å². The number of hydrogen-bond donors (Lipinski definition) is 1. The molecule has 0 saturated heterocycles. The molecule has 1 aromatic carbocycles. The fraction of sp³-hybridized carbons (Fsp3) is 0.154. The first-order valence-corrected chi connectivity index (χ1v) is 6.60. The van der Waals surface area contributed by atoms with E-state index >= 15 is 0 Å². The fourth-order valence-electron chi connectivity index (χ4n) is 1.75. The smallest absolute Gasteiger partial charge is 0.195 e. The number of benzene rings is 1. The van der Waals surface area contributed by atoms with E-state index in [1.165, 1.54) is 11.8 Å². The van der Waals surface area contributed by atoms with Crippen LogP contribution in [0.5, 0.6) is 0 Å². The molecule has 1 N–H and O–H groups in total. The predicted molar refractivity (Wildman–Crippen MR) is 72.8 cm³/mol. The zero-order valence-corrected chi connectivity index (χ0v) is 11.1. The SMILES string of the molecule is Cn1c(CO)cnc1Sc1ncc2ccccc2n1. The lowest BCUT2D eigenvalue weighted by atomic mass is 10.2. The van der Waals surface area contributed by atoms with Gasteiger partial charge in [-0.3, -0.25) is 0 Å². The summed E-state index contributed by atoms with van der Waals surface area (Å²) in [4.78, 5) is 13.0. The molecule has 0 bridgehead atoms. The van der Waals surface area contributed by atoms with Crippen molar-refractivity contribution in [1.29, 1.82) is 0 Å². The van der Waals surface area contributed by atoms with Crippen molar-refractivity contribution in [2.75, 3.05) is 0 Å². The number of aromatic nitrogens is 4. The molecule has 0 amide bonds. The van der Waals surface area contributed by atoms with Gasteiger partial charge in [0.15, 0.2) is 10.3 Å². The maximum atomic E-state index is 9.14. The van der Waals surface area contributed by atoms with E-state index in [2.05, 4.69) is 15.0 Å². The Balaban J connectivity index is 1.94. The van der Waals surface area contributed by atoms with E-state index in [1.54, 1.807) is 12.4 Å². The molecule has 0 aliphatic heterocycles. The molecule has 19 heavy (non-hydrogen) atoms. The Morgan fingerprint density at radius 1 is 1.21 bits per heavy atom. The van der Waals surface area contributed by atoms with Crippen molar-refractivity contribution < 1.29 is 5.11 Å². The van der Waals surface area contributed by atoms with E-state index in [-0.39, 0.29) is 6.61 Å². The normalized spacial score (nSPS) is 11.1. The van der Waals surface area contributed by atoms with E-state index in [9.17, 15) is 0 Å². The average molecular weight is 272 g/mol. The lowest BCUT2D eigenvalue weighted by molar-refractivity contribution is 0.271. The van der Waals surface area contributed by atoms with E-state index in [4.69, 9.17) is 5.11 Å². The van der Waals surface area contributed by atoms with Gasteiger partial charge >= 0.3 is 0 Å². The monoisotopic (exact) mass is 272 g/mol. The number of imidazole rings is 1. The maximum absolute atomic E-state index is 9.14. The molecule has 2 aromatic heterocycles. The third-order valence-electron chi connectivity index (χ3n) is 2.85. The van der Waals surface area contributed by atoms with Crippen LogP contribution in [0.2, 0.25) is 0 Å². The first kappa shape index (κ1) is 12.1. The molecular formula is C13H12N4OS. The molecule has 0 radical (unpaired) electrons. The van der Waals surface area contributed by atoms with Gasteiger partial charge in [0.2, 0.25) is 0 Å². The Morgan fingerprint density at radius 2 is 2.05 bits per heavy atom. The number of nitrogens with zero attached hydrogens (tertiary/aromatic N) is 4. The lowest BCUT2D eigenvalue weighted by Crippen LogP contribution is -1.98. The highest BCUT2D eigenvalue weighted by Gasteiger charge is 2.09. The standard InChI is InChI=1S/C13H12N4OS/c1-17-10(8-18)7-15-13(17)19-12-14-6-9-4-2-3-5-11(9)16-12/h2-7,18H,8H2,1H3. The third-order valence-corrected chi connectivity index (χ3v) is 3.79. The van der Waals surface area contributed by atoms with Crippen LogP contribution < -0.4 is 0 Å². The van der Waals surface area contributed by atoms with Gasteiger partial charge in [-0.1, -0.05) is 18.2 Å². The van der Waals surface area contributed by atoms with E-state index < -0.39 is 0 Å². The molecule has 0 unspecified atom stereocenters. The Labute approximate surface area is 114 Å². The average Bonchev–Trinajstić information content (AvgIpc) is 2.79. The van der Waals surface area contributed by atoms with Crippen LogP contribution in [-0.4, -0.2) is 24.6 Å². The summed E-state index contributed by atoms with van der Waals surface area (Å²) in [6, 6.07) is 7.85. The number of aliphatic hydroxyl groups excluding tert-OH is 1. The molecule has 3 rings (SSSR count). The summed E-state index contributed by atoms with van der Waals surface area (Å²) in [5.41, 5.74) is 1.68. The molecule has 0 spiro atoms. The molecule has 0 fully saturated rings. The summed E-state index contributed by atoms with van der Waals surface area (Å²) in [5.74, 6) is 0. The summed E-state index contributed by atoms with van der Waals surface area (Å²) in [6.07, 6.45) is 3.46. The molecule has 0 saturated carbocycles. The van der Waals surface area contributed by atoms with E-state index in [1.807, 2.05) is 35.9 Å². The minimum absolute atomic E-state index is 0.0252. The summed E-state index contributed by atoms with van der Waals surface area (Å²) >= 11 is 1.38. The van der Waals surface area contributed by atoms with Crippen LogP contribution in [0.15, 0.2) is 47.0 Å². The van der Waals surface area contributed by atoms with Gasteiger partial charge in [0.05, 0.1) is 24.0 Å². The van der Waals surface area contributed by atoms with Crippen molar-refractivity contribution in [2.24, 2.45) is 7.05 Å². The zero-order valence-electron chi connectivity index (χ0n) is 10.3. The van der Waals surface area contributed by atoms with Crippen LogP contribution in [0.3, 0.4) is 0 Å². The number of hydrogen-bond acceptors (Lipinski definition) is 5. The zero-order chi connectivity index (χ0) is 13.2. The van der Waals surface area contributed by atoms with Gasteiger partial charge in [-0.25, -0.2) is 15.0 Å². The van der Waals surface area contributed by atoms with Crippen LogP contribution >= 0.6 is 11.8 Å². The molecule has 0 aliphatic rings. The van der Waals surface area contributed by atoms with Crippen molar-refractivity contribution >= 4 is 22.7 Å². The van der Waals surface area contributed by atoms with Crippen LogP contribution in [0.4, 0.5) is 0 Å². The van der Waals surface area contributed by atoms with Crippen molar-refractivity contribution in [3.05, 3.63) is 42.4 Å². The molecule has 2 heterocycles. The molecule has 3 aromatic rings. The second kappa shape index (κ2) is 4.99. The van der Waals surface area contributed by atoms with Crippen molar-refractivity contribution in [1.82, 2.24) is 19.5 Å². The molecular weight excluding hydrogens is 260 g/mol. The van der Waals surface area contributed by atoms with E-state index in [0.29, 0.717) is 5.16 Å². The lowest BCUT2D eigenvalue weighted by Gasteiger charge is -2.03. The highest BCUT2D eigenvalue weighted by molar-refractivity contribution is 7.99. The van der Waals surface area contributed by atoms with Gasteiger partial charge in [-0.05, 0) is 17.8 Å². The number of rotatable bonds is 3. The summed E-state index contributed by atoms with van der Waals surface area (Å²) < 4.78 is 1.84. The predicted octanol–water partition coefficient (Wildman–Crippen LogP) is 2.01. The number of fused-ring (bicyclic) bond motifs is 1. The van der Waals surface area contributed by atoms with Gasteiger partial charge < -0.3 is 9.67 Å². The summed E-state index contributed by atoms with van der Waals surface area (Å²) in [6.45, 7) is -0.0252. The Kier molecular flexibility index (Phi) is 3.18. The highest BCUT2D eigenvalue weighted by atomic mass is 32.2. The van der Waals surface area contributed by atoms with Crippen LogP contribution in [0.25, 0.3) is 10.9 Å². The minimum atomic E-state index is -0.0252. The minimum Gasteiger partial charge on any atom is -0.390 e. The molecule has 0 aliphatic carbocycles. The summed E-state index contributed by atoms with van der Waals surface area (Å²) in [7, 11) is 1.86. The number of para-hydroxylation sites is 1. The molecule has 0 atom stereocenters. The Bertz CT molecular complexity index is 725. The number of aliphatic hydroxyl groups is 1. The molecule has 5 nitrogen and oxygen atoms in total. The quantitative estimate of drug-likeness (QED) is 0.739. The van der Waals surface area contributed by atoms with Crippen molar-refractivity contribution in [3.63, 3.8) is 0 Å². The molecule has 6 heteroatoms. The van der Waals surface area contributed by atoms with Gasteiger partial charge in [0, 0.05) is 18.6 Å². The van der Waals surface area contributed by atoms with Crippen molar-refractivity contribution in [3.8, 4) is 0 Å². The van der Waals surface area contributed by atoms with Gasteiger partial charge in [-0.15, -0.1) is 0 Å². The van der Waals surface area contributed by atoms with Gasteiger partial charge in [-0.2, -0.15) is 0 Å². The second-order valence-electron chi connectivity index (χ2n) is 4.06. The first-order valence-electron chi connectivity index (χ1n) is 5.79. The van der Waals surface area contributed by atoms with Gasteiger partial charge in [0.1, 0.15) is 0 Å². The molecule has 96 valence electrons. The third kappa shape index (κ3) is 2.32. The second-order valence-corrected chi connectivity index (χ2v) is 5.00. The summed E-state index contributed by atoms with van der Waals surface area (Å²) in [5, 5.41) is 11.6. The first-order chi connectivity index (χ1) is 9.28. The largest absolute Gasteiger partial charge is 0.390 e. The van der Waals surface area contributed by atoms with Crippen molar-refractivity contribution in [2.45, 2.75) is 16.9 Å². The van der Waals surface area contributed by atoms with Crippen LogP contribution in [0, 0.1) is 0 Å². The van der Waals surface area contributed by atoms with Gasteiger partial charge in [0.25, 0.3) is 0 Å². The topological polar surface area (TPSA) is 63.8 Å². The maximum Gasteiger partial charge on any atom is 0.195 e. The van der Waals surface area contributed by atoms with E-state index in [0.717, 1.165) is 21.8 Å². The highest BCUT2D eigenvalue weighted by Crippen LogP contribution is 2.24. The van der Waals surface area contributed by atoms with Crippen LogP contribution in [-0.2, 0) is 13.7 Å². The fourth-order valence-corrected chi connectivity index (χ4v) is 2.53. The Morgan fingerprint density at radius 3 is 2.84 bits per heavy atom.